The molecule has 0 amide bonds. The lowest BCUT2D eigenvalue weighted by molar-refractivity contribution is 0.521. The van der Waals surface area contributed by atoms with Gasteiger partial charge in [0.15, 0.2) is 5.82 Å². The van der Waals surface area contributed by atoms with Crippen LogP contribution in [0, 0.1) is 3.57 Å². The third kappa shape index (κ3) is 3.06. The Kier molecular flexibility index (Phi) is 5.13. The van der Waals surface area contributed by atoms with Crippen LogP contribution >= 0.6 is 34.2 Å². The van der Waals surface area contributed by atoms with Gasteiger partial charge >= 0.3 is 0 Å². The van der Waals surface area contributed by atoms with E-state index in [0.29, 0.717) is 11.7 Å². The van der Waals surface area contributed by atoms with Crippen LogP contribution in [0.25, 0.3) is 0 Å². The van der Waals surface area contributed by atoms with Gasteiger partial charge in [0.05, 0.1) is 15.8 Å². The summed E-state index contributed by atoms with van der Waals surface area (Å²) in [6.45, 7) is 0.545. The number of hydrogen-bond donors (Lipinski definition) is 1. The Hall–Kier alpha value is -2.57. The lowest BCUT2D eigenvalue weighted by atomic mass is 9.76. The number of hydrogen-bond acceptors (Lipinski definition) is 2. The van der Waals surface area contributed by atoms with E-state index in [1.54, 1.807) is 0 Å². The standard InChI is InChI=1S/C25H19ClIN3/c26-22-16-28-23-21(27)17-30(24(23)29-22)25(18-10-4-1-5-11-18,19-12-6-2-7-13-19)20-14-8-3-9-15-20/h1-15,17,28H,16H2. The topological polar surface area (TPSA) is 29.3 Å². The van der Waals surface area contributed by atoms with Gasteiger partial charge in [0.1, 0.15) is 10.7 Å². The minimum atomic E-state index is -0.600. The highest BCUT2D eigenvalue weighted by atomic mass is 127. The highest BCUT2D eigenvalue weighted by Crippen LogP contribution is 2.47. The molecule has 1 aliphatic rings. The van der Waals surface area contributed by atoms with Crippen LogP contribution in [0.1, 0.15) is 16.7 Å². The van der Waals surface area contributed by atoms with Gasteiger partial charge in [-0.15, -0.1) is 0 Å². The third-order valence-corrected chi connectivity index (χ3v) is 6.54. The van der Waals surface area contributed by atoms with Crippen molar-refractivity contribution in [3.05, 3.63) is 117 Å². The Morgan fingerprint density at radius 1 is 0.800 bits per heavy atom. The first-order valence-corrected chi connectivity index (χ1v) is 11.2. The summed E-state index contributed by atoms with van der Waals surface area (Å²) < 4.78 is 3.38. The molecule has 0 spiro atoms. The number of rotatable bonds is 4. The van der Waals surface area contributed by atoms with E-state index in [-0.39, 0.29) is 0 Å². The molecule has 1 aliphatic heterocycles. The van der Waals surface area contributed by atoms with Crippen molar-refractivity contribution in [3.63, 3.8) is 0 Å². The fourth-order valence-electron chi connectivity index (χ4n) is 4.27. The highest BCUT2D eigenvalue weighted by molar-refractivity contribution is 14.1. The molecule has 0 saturated heterocycles. The van der Waals surface area contributed by atoms with Crippen LogP contribution in [0.5, 0.6) is 0 Å². The molecular weight excluding hydrogens is 505 g/mol. The molecule has 2 heterocycles. The fraction of sp³-hybridized carbons (Fsp3) is 0.0800. The van der Waals surface area contributed by atoms with E-state index >= 15 is 0 Å². The summed E-state index contributed by atoms with van der Waals surface area (Å²) >= 11 is 8.76. The molecule has 30 heavy (non-hydrogen) atoms. The summed E-state index contributed by atoms with van der Waals surface area (Å²) in [6, 6.07) is 31.8. The summed E-state index contributed by atoms with van der Waals surface area (Å²) in [5.74, 6) is 0.840. The molecule has 5 rings (SSSR count). The summed E-state index contributed by atoms with van der Waals surface area (Å²) in [7, 11) is 0. The summed E-state index contributed by atoms with van der Waals surface area (Å²) in [5, 5.41) is 3.99. The molecule has 0 radical (unpaired) electrons. The Morgan fingerprint density at radius 2 is 1.27 bits per heavy atom. The van der Waals surface area contributed by atoms with Crippen molar-refractivity contribution in [2.75, 3.05) is 11.9 Å². The smallest absolute Gasteiger partial charge is 0.159 e. The van der Waals surface area contributed by atoms with Crippen molar-refractivity contribution in [2.24, 2.45) is 4.99 Å². The van der Waals surface area contributed by atoms with Crippen molar-refractivity contribution in [2.45, 2.75) is 5.54 Å². The van der Waals surface area contributed by atoms with Gasteiger partial charge in [0, 0.05) is 6.20 Å². The van der Waals surface area contributed by atoms with Crippen molar-refractivity contribution < 1.29 is 0 Å². The van der Waals surface area contributed by atoms with Gasteiger partial charge in [0.25, 0.3) is 0 Å². The lowest BCUT2D eigenvalue weighted by Crippen LogP contribution is -2.37. The number of nitrogens with zero attached hydrogens (tertiary/aromatic N) is 2. The van der Waals surface area contributed by atoms with Gasteiger partial charge in [-0.3, -0.25) is 0 Å². The first-order chi connectivity index (χ1) is 14.7. The van der Waals surface area contributed by atoms with E-state index < -0.39 is 5.54 Å². The molecule has 0 bridgehead atoms. The minimum absolute atomic E-state index is 0.545. The number of fused-ring (bicyclic) bond motifs is 1. The van der Waals surface area contributed by atoms with Gasteiger partial charge in [-0.1, -0.05) is 103 Å². The summed E-state index contributed by atoms with van der Waals surface area (Å²) in [4.78, 5) is 4.79. The SMILES string of the molecule is ClC1=Nc2c(c(I)cn2C(c2ccccc2)(c2ccccc2)c2ccccc2)NC1. The predicted octanol–water partition coefficient (Wildman–Crippen LogP) is 6.63. The summed E-state index contributed by atoms with van der Waals surface area (Å²) in [6.07, 6.45) is 2.17. The van der Waals surface area contributed by atoms with Crippen LogP contribution in [-0.2, 0) is 5.54 Å². The first-order valence-electron chi connectivity index (χ1n) is 9.76. The zero-order valence-electron chi connectivity index (χ0n) is 16.1. The number of anilines is 1. The molecule has 4 aromatic rings. The number of benzene rings is 3. The van der Waals surface area contributed by atoms with E-state index in [9.17, 15) is 0 Å². The molecule has 148 valence electrons. The number of nitrogens with one attached hydrogen (secondary N) is 1. The molecular formula is C25H19ClIN3. The van der Waals surface area contributed by atoms with E-state index in [4.69, 9.17) is 16.6 Å². The summed E-state index contributed by atoms with van der Waals surface area (Å²) in [5.41, 5.74) is 3.90. The van der Waals surface area contributed by atoms with Crippen LogP contribution in [0.3, 0.4) is 0 Å². The van der Waals surface area contributed by atoms with Gasteiger partial charge in [-0.05, 0) is 39.3 Å². The monoisotopic (exact) mass is 523 g/mol. The average Bonchev–Trinajstić information content (AvgIpc) is 3.12. The maximum Gasteiger partial charge on any atom is 0.159 e. The fourth-order valence-corrected chi connectivity index (χ4v) is 5.12. The molecule has 0 saturated carbocycles. The first kappa shape index (κ1) is 19.4. The predicted molar refractivity (Wildman–Crippen MR) is 133 cm³/mol. The Morgan fingerprint density at radius 3 is 1.73 bits per heavy atom. The molecule has 0 aliphatic carbocycles. The second-order valence-electron chi connectivity index (χ2n) is 7.20. The number of aliphatic imine (C=N–C) groups is 1. The van der Waals surface area contributed by atoms with E-state index in [0.717, 1.165) is 31.8 Å². The van der Waals surface area contributed by atoms with Crippen LogP contribution in [0.2, 0.25) is 0 Å². The van der Waals surface area contributed by atoms with Crippen molar-refractivity contribution >= 4 is 50.9 Å². The lowest BCUT2D eigenvalue weighted by Gasteiger charge is -2.38. The molecule has 1 aromatic heterocycles. The van der Waals surface area contributed by atoms with Crippen LogP contribution < -0.4 is 5.32 Å². The molecule has 0 unspecified atom stereocenters. The van der Waals surface area contributed by atoms with Gasteiger partial charge in [-0.25, -0.2) is 4.99 Å². The van der Waals surface area contributed by atoms with Crippen molar-refractivity contribution in [1.29, 1.82) is 0 Å². The molecule has 3 nitrogen and oxygen atoms in total. The van der Waals surface area contributed by atoms with Crippen LogP contribution in [0.4, 0.5) is 11.5 Å². The average molecular weight is 524 g/mol. The van der Waals surface area contributed by atoms with E-state index in [1.807, 2.05) is 0 Å². The molecule has 1 N–H and O–H groups in total. The highest BCUT2D eigenvalue weighted by Gasteiger charge is 2.41. The Labute approximate surface area is 194 Å². The maximum absolute atomic E-state index is 6.39. The van der Waals surface area contributed by atoms with Gasteiger partial charge < -0.3 is 9.88 Å². The van der Waals surface area contributed by atoms with Gasteiger partial charge in [0.2, 0.25) is 0 Å². The molecule has 5 heteroatoms. The minimum Gasteiger partial charge on any atom is -0.375 e. The normalized spacial score (nSPS) is 13.3. The molecule has 0 atom stereocenters. The third-order valence-electron chi connectivity index (χ3n) is 5.51. The maximum atomic E-state index is 6.39. The van der Waals surface area contributed by atoms with Crippen LogP contribution in [0.15, 0.2) is 102 Å². The van der Waals surface area contributed by atoms with E-state index in [2.05, 4.69) is 130 Å². The van der Waals surface area contributed by atoms with Crippen molar-refractivity contribution in [1.82, 2.24) is 4.57 Å². The number of aromatic nitrogens is 1. The molecule has 0 fully saturated rings. The Bertz CT molecular complexity index is 1100. The van der Waals surface area contributed by atoms with E-state index in [1.165, 1.54) is 0 Å². The van der Waals surface area contributed by atoms with Crippen LogP contribution in [-0.4, -0.2) is 16.3 Å². The quantitative estimate of drug-likeness (QED) is 0.236. The zero-order valence-corrected chi connectivity index (χ0v) is 19.0. The zero-order chi connectivity index (χ0) is 20.6. The van der Waals surface area contributed by atoms with Gasteiger partial charge in [-0.2, -0.15) is 0 Å². The van der Waals surface area contributed by atoms with Crippen molar-refractivity contribution in [3.8, 4) is 0 Å². The number of halogens is 2. The second-order valence-corrected chi connectivity index (χ2v) is 8.79. The largest absolute Gasteiger partial charge is 0.375 e. The molecule has 3 aromatic carbocycles. The Balaban J connectivity index is 1.95. The second kappa shape index (κ2) is 7.93.